The molecule has 1 amide bonds. The summed E-state index contributed by atoms with van der Waals surface area (Å²) in [7, 11) is 0. The Balaban J connectivity index is 1.69. The van der Waals surface area contributed by atoms with Gasteiger partial charge < -0.3 is 9.47 Å². The van der Waals surface area contributed by atoms with Crippen molar-refractivity contribution < 1.29 is 19.1 Å². The Morgan fingerprint density at radius 3 is 2.00 bits per heavy atom. The van der Waals surface area contributed by atoms with E-state index in [1.807, 2.05) is 91.0 Å². The minimum atomic E-state index is -0.765. The maximum absolute atomic E-state index is 13.2. The number of carbonyl (C=O) groups is 2. The fourth-order valence-electron chi connectivity index (χ4n) is 3.73. The minimum Gasteiger partial charge on any atom is -0.453 e. The first kappa shape index (κ1) is 19.7. The van der Waals surface area contributed by atoms with Crippen molar-refractivity contribution in [3.05, 3.63) is 108 Å². The van der Waals surface area contributed by atoms with Gasteiger partial charge in [-0.3, -0.25) is 4.90 Å². The highest BCUT2D eigenvalue weighted by Crippen LogP contribution is 2.42. The Labute approximate surface area is 175 Å². The number of hydrogen-bond acceptors (Lipinski definition) is 4. The third-order valence-corrected chi connectivity index (χ3v) is 5.27. The summed E-state index contributed by atoms with van der Waals surface area (Å²) in [6.07, 6.45) is -1.17. The molecule has 152 valence electrons. The van der Waals surface area contributed by atoms with E-state index >= 15 is 0 Å². The van der Waals surface area contributed by atoms with Gasteiger partial charge >= 0.3 is 12.1 Å². The summed E-state index contributed by atoms with van der Waals surface area (Å²) in [4.78, 5) is 27.4. The average Bonchev–Trinajstić information content (AvgIpc) is 2.80. The van der Waals surface area contributed by atoms with E-state index in [9.17, 15) is 9.59 Å². The van der Waals surface area contributed by atoms with Gasteiger partial charge in [0.15, 0.2) is 6.10 Å². The van der Waals surface area contributed by atoms with Crippen LogP contribution in [0, 0.1) is 0 Å². The number of esters is 1. The van der Waals surface area contributed by atoms with Crippen LogP contribution in [0.2, 0.25) is 0 Å². The fraction of sp³-hybridized carbons (Fsp3) is 0.200. The second-order valence-corrected chi connectivity index (χ2v) is 7.25. The molecular weight excluding hydrogens is 378 g/mol. The van der Waals surface area contributed by atoms with Crippen molar-refractivity contribution in [1.82, 2.24) is 4.90 Å². The van der Waals surface area contributed by atoms with Crippen molar-refractivity contribution in [3.63, 3.8) is 0 Å². The number of carbonyl (C=O) groups excluding carboxylic acids is 2. The molecule has 3 aromatic rings. The lowest BCUT2D eigenvalue weighted by atomic mass is 9.91. The van der Waals surface area contributed by atoms with Gasteiger partial charge in [-0.2, -0.15) is 0 Å². The van der Waals surface area contributed by atoms with E-state index in [0.29, 0.717) is 0 Å². The number of rotatable bonds is 4. The molecule has 0 N–H and O–H groups in total. The van der Waals surface area contributed by atoms with Crippen LogP contribution in [0.1, 0.15) is 35.8 Å². The molecule has 1 fully saturated rings. The highest BCUT2D eigenvalue weighted by Gasteiger charge is 2.46. The summed E-state index contributed by atoms with van der Waals surface area (Å²) in [5.41, 5.74) is 2.59. The van der Waals surface area contributed by atoms with E-state index in [-0.39, 0.29) is 6.61 Å². The van der Waals surface area contributed by atoms with Crippen molar-refractivity contribution >= 4 is 12.1 Å². The minimum absolute atomic E-state index is 0.134. The second-order valence-electron chi connectivity index (χ2n) is 7.25. The highest BCUT2D eigenvalue weighted by atomic mass is 16.6. The lowest BCUT2D eigenvalue weighted by Crippen LogP contribution is -2.53. The van der Waals surface area contributed by atoms with Gasteiger partial charge in [-0.25, -0.2) is 9.59 Å². The summed E-state index contributed by atoms with van der Waals surface area (Å²) in [6.45, 7) is 1.80. The van der Waals surface area contributed by atoms with Gasteiger partial charge in [0.05, 0.1) is 0 Å². The Morgan fingerprint density at radius 1 is 0.867 bits per heavy atom. The number of cyclic esters (lactones) is 1. The molecular formula is C25H23NO4. The molecule has 0 unspecified atom stereocenters. The number of morpholine rings is 1. The van der Waals surface area contributed by atoms with Crippen LogP contribution in [0.15, 0.2) is 91.0 Å². The Morgan fingerprint density at radius 2 is 1.40 bits per heavy atom. The molecule has 4 rings (SSSR count). The Kier molecular flexibility index (Phi) is 5.80. The maximum atomic E-state index is 13.2. The average molecular weight is 401 g/mol. The van der Waals surface area contributed by atoms with Crippen LogP contribution in [0.4, 0.5) is 4.79 Å². The molecule has 0 aromatic heterocycles. The first-order valence-electron chi connectivity index (χ1n) is 9.94. The molecule has 1 aliphatic rings. The van der Waals surface area contributed by atoms with Crippen molar-refractivity contribution in [2.75, 3.05) is 0 Å². The highest BCUT2D eigenvalue weighted by molar-refractivity contribution is 5.83. The topological polar surface area (TPSA) is 55.8 Å². The molecule has 5 nitrogen and oxygen atoms in total. The molecule has 3 aromatic carbocycles. The summed E-state index contributed by atoms with van der Waals surface area (Å²) in [5.74, 6) is -0.451. The second kappa shape index (κ2) is 8.82. The van der Waals surface area contributed by atoms with E-state index in [4.69, 9.17) is 9.47 Å². The first-order valence-corrected chi connectivity index (χ1v) is 9.94. The zero-order valence-corrected chi connectivity index (χ0v) is 16.7. The quantitative estimate of drug-likeness (QED) is 0.574. The number of benzene rings is 3. The lowest BCUT2D eigenvalue weighted by molar-refractivity contribution is -0.172. The summed E-state index contributed by atoms with van der Waals surface area (Å²) >= 11 is 0. The molecule has 0 aliphatic carbocycles. The van der Waals surface area contributed by atoms with Crippen LogP contribution in [0.25, 0.3) is 0 Å². The summed E-state index contributed by atoms with van der Waals surface area (Å²) < 4.78 is 11.4. The van der Waals surface area contributed by atoms with Gasteiger partial charge in [0.2, 0.25) is 0 Å². The third kappa shape index (κ3) is 4.06. The Bertz CT molecular complexity index is 991. The van der Waals surface area contributed by atoms with E-state index in [1.54, 1.807) is 6.92 Å². The molecule has 30 heavy (non-hydrogen) atoms. The normalized spacial score (nSPS) is 21.0. The van der Waals surface area contributed by atoms with Crippen LogP contribution >= 0.6 is 0 Å². The number of nitrogens with zero attached hydrogens (tertiary/aromatic N) is 1. The lowest BCUT2D eigenvalue weighted by Gasteiger charge is -2.43. The zero-order valence-electron chi connectivity index (χ0n) is 16.7. The molecule has 0 radical (unpaired) electrons. The fourth-order valence-corrected chi connectivity index (χ4v) is 3.73. The molecule has 3 atom stereocenters. The zero-order chi connectivity index (χ0) is 20.9. The van der Waals surface area contributed by atoms with E-state index in [1.165, 1.54) is 4.90 Å². The number of amides is 1. The molecule has 1 saturated heterocycles. The molecule has 0 spiro atoms. The number of hydrogen-bond donors (Lipinski definition) is 0. The van der Waals surface area contributed by atoms with Gasteiger partial charge in [-0.15, -0.1) is 0 Å². The van der Waals surface area contributed by atoms with E-state index in [2.05, 4.69) is 0 Å². The molecule has 5 heteroatoms. The van der Waals surface area contributed by atoms with Gasteiger partial charge in [0, 0.05) is 0 Å². The molecule has 1 heterocycles. The summed E-state index contributed by atoms with van der Waals surface area (Å²) in [6, 6.07) is 27.3. The monoisotopic (exact) mass is 401 g/mol. The first-order chi connectivity index (χ1) is 14.6. The predicted molar refractivity (Wildman–Crippen MR) is 112 cm³/mol. The van der Waals surface area contributed by atoms with Crippen LogP contribution in [-0.2, 0) is 20.9 Å². The van der Waals surface area contributed by atoms with Crippen LogP contribution in [-0.4, -0.2) is 23.0 Å². The van der Waals surface area contributed by atoms with Crippen LogP contribution < -0.4 is 0 Å². The third-order valence-electron chi connectivity index (χ3n) is 5.27. The van der Waals surface area contributed by atoms with Crippen molar-refractivity contribution in [2.45, 2.75) is 31.7 Å². The van der Waals surface area contributed by atoms with Crippen molar-refractivity contribution in [3.8, 4) is 0 Å². The van der Waals surface area contributed by atoms with E-state index in [0.717, 1.165) is 16.7 Å². The molecule has 1 aliphatic heterocycles. The van der Waals surface area contributed by atoms with Crippen LogP contribution in [0.3, 0.4) is 0 Å². The Hall–Kier alpha value is -3.60. The van der Waals surface area contributed by atoms with Gasteiger partial charge in [-0.05, 0) is 23.6 Å². The van der Waals surface area contributed by atoms with Gasteiger partial charge in [0.25, 0.3) is 0 Å². The molecule has 0 bridgehead atoms. The van der Waals surface area contributed by atoms with Crippen molar-refractivity contribution in [2.24, 2.45) is 0 Å². The smallest absolute Gasteiger partial charge is 0.411 e. The van der Waals surface area contributed by atoms with Gasteiger partial charge in [0.1, 0.15) is 18.7 Å². The predicted octanol–water partition coefficient (Wildman–Crippen LogP) is 5.05. The van der Waals surface area contributed by atoms with Crippen molar-refractivity contribution in [1.29, 1.82) is 0 Å². The largest absolute Gasteiger partial charge is 0.453 e. The van der Waals surface area contributed by atoms with Gasteiger partial charge in [-0.1, -0.05) is 91.0 Å². The molecule has 0 saturated carbocycles. The van der Waals surface area contributed by atoms with E-state index < -0.39 is 30.3 Å². The summed E-state index contributed by atoms with van der Waals surface area (Å²) in [5, 5.41) is 0. The standard InChI is InChI=1S/C25H23NO4/c1-18-24(27)30-23(21-15-9-4-10-16-21)22(20-13-7-3-8-14-20)26(18)25(28)29-17-19-11-5-2-6-12-19/h2-16,18,22-23H,17H2,1H3/t18-,22-,23+/m1/s1. The van der Waals surface area contributed by atoms with Crippen LogP contribution in [0.5, 0.6) is 0 Å². The SMILES string of the molecule is C[C@@H]1C(=O)O[C@@H](c2ccccc2)[C@@H](c2ccccc2)N1C(=O)OCc1ccccc1. The maximum Gasteiger partial charge on any atom is 0.411 e. The number of ether oxygens (including phenoxy) is 2.